The number of hydrogen-bond acceptors (Lipinski definition) is 1. The van der Waals surface area contributed by atoms with Crippen molar-refractivity contribution in [1.29, 1.82) is 5.26 Å². The fourth-order valence-electron chi connectivity index (χ4n) is 2.58. The molecule has 0 radical (unpaired) electrons. The summed E-state index contributed by atoms with van der Waals surface area (Å²) in [6.07, 6.45) is 11.6. The monoisotopic (exact) mass is 238 g/mol. The second kappa shape index (κ2) is 11.9. The Morgan fingerprint density at radius 2 is 1.53 bits per heavy atom. The Bertz CT molecular complexity index is 169. The Labute approximate surface area is 108 Å². The minimum Gasteiger partial charge on any atom is -0.512 e. The van der Waals surface area contributed by atoms with E-state index in [1.807, 2.05) is 4.90 Å². The van der Waals surface area contributed by atoms with Gasteiger partial charge in [0, 0.05) is 0 Å². The summed E-state index contributed by atoms with van der Waals surface area (Å²) in [5.41, 5.74) is 0. The molecule has 1 fully saturated rings. The molecule has 1 saturated heterocycles. The molecule has 0 bridgehead atoms. The summed E-state index contributed by atoms with van der Waals surface area (Å²) in [6, 6.07) is 0. The highest BCUT2D eigenvalue weighted by Gasteiger charge is 2.17. The average Bonchev–Trinajstić information content (AvgIpc) is 2.38. The maximum absolute atomic E-state index is 6.25. The van der Waals surface area contributed by atoms with Crippen molar-refractivity contribution in [3.8, 4) is 0 Å². The normalized spacial score (nSPS) is 23.8. The van der Waals surface area contributed by atoms with Crippen molar-refractivity contribution >= 4 is 0 Å². The largest absolute Gasteiger partial charge is 0.512 e. The molecule has 0 amide bonds. The van der Waals surface area contributed by atoms with Crippen molar-refractivity contribution in [3.63, 3.8) is 0 Å². The molecule has 0 aliphatic carbocycles. The van der Waals surface area contributed by atoms with Gasteiger partial charge in [-0.15, -0.1) is 0 Å². The lowest BCUT2D eigenvalue weighted by Gasteiger charge is -2.27. The average molecular weight is 238 g/mol. The first-order valence-corrected chi connectivity index (χ1v) is 7.39. The van der Waals surface area contributed by atoms with E-state index in [1.54, 1.807) is 0 Å². The SMILES string of the molecule is CCCCCCCC[NH+]1CCC(C)CC1.[C-]#N. The number of quaternary nitrogens is 1. The van der Waals surface area contributed by atoms with Gasteiger partial charge in [-0.05, 0) is 31.6 Å². The van der Waals surface area contributed by atoms with Gasteiger partial charge in [-0.25, -0.2) is 0 Å². The van der Waals surface area contributed by atoms with Crippen molar-refractivity contribution < 1.29 is 4.90 Å². The van der Waals surface area contributed by atoms with Gasteiger partial charge in [-0.3, -0.25) is 0 Å². The molecule has 1 N–H and O–H groups in total. The predicted octanol–water partition coefficient (Wildman–Crippen LogP) is 2.76. The van der Waals surface area contributed by atoms with Crippen molar-refractivity contribution in [2.45, 2.75) is 65.2 Å². The zero-order chi connectivity index (χ0) is 12.9. The summed E-state index contributed by atoms with van der Waals surface area (Å²) in [4.78, 5) is 1.88. The molecule has 100 valence electrons. The van der Waals surface area contributed by atoms with E-state index in [4.69, 9.17) is 11.8 Å². The van der Waals surface area contributed by atoms with Gasteiger partial charge >= 0.3 is 0 Å². The van der Waals surface area contributed by atoms with E-state index >= 15 is 0 Å². The highest BCUT2D eigenvalue weighted by atomic mass is 15.1. The third kappa shape index (κ3) is 9.18. The Morgan fingerprint density at radius 1 is 1.00 bits per heavy atom. The summed E-state index contributed by atoms with van der Waals surface area (Å²) in [7, 11) is 0. The number of rotatable bonds is 7. The van der Waals surface area contributed by atoms with Crippen LogP contribution in [0.5, 0.6) is 0 Å². The molecule has 0 aromatic carbocycles. The van der Waals surface area contributed by atoms with Crippen LogP contribution in [0.4, 0.5) is 0 Å². The Kier molecular flexibility index (Phi) is 11.5. The van der Waals surface area contributed by atoms with E-state index in [0.717, 1.165) is 5.92 Å². The maximum atomic E-state index is 6.25. The van der Waals surface area contributed by atoms with Crippen molar-refractivity contribution in [3.05, 3.63) is 6.57 Å². The summed E-state index contributed by atoms with van der Waals surface area (Å²) in [6.45, 7) is 13.8. The van der Waals surface area contributed by atoms with Crippen LogP contribution < -0.4 is 4.90 Å². The quantitative estimate of drug-likeness (QED) is 0.536. The van der Waals surface area contributed by atoms with Crippen LogP contribution in [0.2, 0.25) is 0 Å². The van der Waals surface area contributed by atoms with Gasteiger partial charge in [-0.1, -0.05) is 39.5 Å². The molecule has 1 rings (SSSR count). The second-order valence-corrected chi connectivity index (χ2v) is 5.45. The third-order valence-electron chi connectivity index (χ3n) is 3.87. The number of nitrogens with one attached hydrogen (secondary N) is 1. The highest BCUT2D eigenvalue weighted by molar-refractivity contribution is 4.55. The summed E-state index contributed by atoms with van der Waals surface area (Å²) >= 11 is 0. The first-order valence-electron chi connectivity index (χ1n) is 7.39. The number of nitrogens with zero attached hydrogens (tertiary/aromatic N) is 1. The zero-order valence-corrected chi connectivity index (χ0v) is 11.8. The van der Waals surface area contributed by atoms with Crippen LogP contribution in [0.15, 0.2) is 0 Å². The van der Waals surface area contributed by atoms with Crippen LogP contribution in [0.25, 0.3) is 0 Å². The zero-order valence-electron chi connectivity index (χ0n) is 11.8. The number of likely N-dealkylation sites (tertiary alicyclic amines) is 1. The van der Waals surface area contributed by atoms with Gasteiger partial charge in [0.15, 0.2) is 0 Å². The van der Waals surface area contributed by atoms with Crippen LogP contribution >= 0.6 is 0 Å². The minimum atomic E-state index is 0.998. The van der Waals surface area contributed by atoms with Gasteiger partial charge in [-0.2, -0.15) is 0 Å². The van der Waals surface area contributed by atoms with Crippen molar-refractivity contribution in [1.82, 2.24) is 0 Å². The number of piperidine rings is 1. The van der Waals surface area contributed by atoms with Gasteiger partial charge in [0.2, 0.25) is 0 Å². The minimum absolute atomic E-state index is 0.998. The van der Waals surface area contributed by atoms with E-state index in [-0.39, 0.29) is 0 Å². The fraction of sp³-hybridized carbons (Fsp3) is 0.933. The van der Waals surface area contributed by atoms with E-state index in [1.165, 1.54) is 71.0 Å². The molecule has 2 nitrogen and oxygen atoms in total. The van der Waals surface area contributed by atoms with Gasteiger partial charge < -0.3 is 16.7 Å². The molecular weight excluding hydrogens is 208 g/mol. The maximum Gasteiger partial charge on any atom is 0.0773 e. The first-order chi connectivity index (χ1) is 8.33. The van der Waals surface area contributed by atoms with Crippen molar-refractivity contribution in [2.24, 2.45) is 5.92 Å². The van der Waals surface area contributed by atoms with Gasteiger partial charge in [0.25, 0.3) is 0 Å². The highest BCUT2D eigenvalue weighted by Crippen LogP contribution is 2.07. The molecule has 0 atom stereocenters. The number of unbranched alkanes of at least 4 members (excludes halogenated alkanes) is 5. The van der Waals surface area contributed by atoms with E-state index in [0.29, 0.717) is 0 Å². The van der Waals surface area contributed by atoms with Gasteiger partial charge in [0.05, 0.1) is 19.6 Å². The molecule has 0 aromatic rings. The Balaban J connectivity index is 0.00000121. The lowest BCUT2D eigenvalue weighted by Crippen LogP contribution is -3.13. The smallest absolute Gasteiger partial charge is 0.0773 e. The molecule has 17 heavy (non-hydrogen) atoms. The van der Waals surface area contributed by atoms with Crippen LogP contribution in [0, 0.1) is 17.8 Å². The Hall–Kier alpha value is -0.550. The molecule has 1 aliphatic heterocycles. The van der Waals surface area contributed by atoms with E-state index in [9.17, 15) is 0 Å². The standard InChI is InChI=1S/C14H29N.CN/c1-3-4-5-6-7-8-11-15-12-9-14(2)10-13-15;1-2/h14H,3-13H2,1-2H3;/q;-1/p+1. The molecular formula is C15H30N2. The molecule has 0 spiro atoms. The fourth-order valence-corrected chi connectivity index (χ4v) is 2.58. The van der Waals surface area contributed by atoms with Crippen LogP contribution in [-0.4, -0.2) is 19.6 Å². The van der Waals surface area contributed by atoms with Crippen LogP contribution in [0.3, 0.4) is 0 Å². The molecule has 1 aliphatic rings. The predicted molar refractivity (Wildman–Crippen MR) is 72.3 cm³/mol. The number of hydrogen-bond donors (Lipinski definition) is 1. The van der Waals surface area contributed by atoms with Crippen LogP contribution in [-0.2, 0) is 0 Å². The van der Waals surface area contributed by atoms with Crippen molar-refractivity contribution in [2.75, 3.05) is 19.6 Å². The van der Waals surface area contributed by atoms with Crippen LogP contribution in [0.1, 0.15) is 65.2 Å². The summed E-state index contributed by atoms with van der Waals surface area (Å²) in [5, 5.41) is 6.25. The lowest BCUT2D eigenvalue weighted by molar-refractivity contribution is -0.906. The first kappa shape index (κ1) is 16.4. The van der Waals surface area contributed by atoms with E-state index in [2.05, 4.69) is 13.8 Å². The molecule has 0 unspecified atom stereocenters. The van der Waals surface area contributed by atoms with E-state index < -0.39 is 0 Å². The summed E-state index contributed by atoms with van der Waals surface area (Å²) in [5.74, 6) is 0.998. The second-order valence-electron chi connectivity index (χ2n) is 5.45. The topological polar surface area (TPSA) is 28.2 Å². The van der Waals surface area contributed by atoms with Gasteiger partial charge in [0.1, 0.15) is 0 Å². The lowest BCUT2D eigenvalue weighted by atomic mass is 9.99. The molecule has 1 heterocycles. The summed E-state index contributed by atoms with van der Waals surface area (Å²) < 4.78 is 0. The molecule has 0 saturated carbocycles. The molecule has 0 aromatic heterocycles. The Morgan fingerprint density at radius 3 is 2.12 bits per heavy atom. The molecule has 2 heteroatoms. The third-order valence-corrected chi connectivity index (χ3v) is 3.87.